The molecule has 4 rings (SSSR count). The smallest absolute Gasteiger partial charge is 0.392 e. The molecule has 1 aliphatic carbocycles. The lowest BCUT2D eigenvalue weighted by Gasteiger charge is -2.43. The molecule has 0 saturated heterocycles. The maximum atomic E-state index is 12.9. The van der Waals surface area contributed by atoms with Crippen molar-refractivity contribution in [1.29, 1.82) is 5.26 Å². The second-order valence-corrected chi connectivity index (χ2v) is 8.04. The molecule has 2 aromatic carbocycles. The molecule has 0 spiro atoms. The van der Waals surface area contributed by atoms with Crippen molar-refractivity contribution < 1.29 is 23.1 Å². The van der Waals surface area contributed by atoms with Crippen LogP contribution in [0.2, 0.25) is 0 Å². The molecule has 168 valence electrons. The van der Waals surface area contributed by atoms with Crippen molar-refractivity contribution >= 4 is 5.91 Å². The van der Waals surface area contributed by atoms with Crippen molar-refractivity contribution in [2.24, 2.45) is 0 Å². The summed E-state index contributed by atoms with van der Waals surface area (Å²) in [6, 6.07) is 16.5. The van der Waals surface area contributed by atoms with Gasteiger partial charge in [-0.1, -0.05) is 24.3 Å². The van der Waals surface area contributed by atoms with Gasteiger partial charge in [0.05, 0.1) is 23.8 Å². The van der Waals surface area contributed by atoms with Crippen LogP contribution in [0.1, 0.15) is 52.0 Å². The maximum absolute atomic E-state index is 12.9. The van der Waals surface area contributed by atoms with Gasteiger partial charge in [0.15, 0.2) is 0 Å². The summed E-state index contributed by atoms with van der Waals surface area (Å²) in [6.45, 7) is -0.548. The Morgan fingerprint density at radius 1 is 1.12 bits per heavy atom. The lowest BCUT2D eigenvalue weighted by atomic mass is 9.71. The normalized spacial score (nSPS) is 14.8. The summed E-state index contributed by atoms with van der Waals surface area (Å²) < 4.78 is 38.8. The summed E-state index contributed by atoms with van der Waals surface area (Å²) in [5, 5.41) is 21.6. The van der Waals surface area contributed by atoms with Crippen LogP contribution in [0.3, 0.4) is 0 Å². The third-order valence-electron chi connectivity index (χ3n) is 6.04. The van der Waals surface area contributed by atoms with Crippen LogP contribution < -0.4 is 5.32 Å². The summed E-state index contributed by atoms with van der Waals surface area (Å²) in [4.78, 5) is 16.3. The minimum absolute atomic E-state index is 0.137. The van der Waals surface area contributed by atoms with E-state index >= 15 is 0 Å². The molecule has 2 N–H and O–H groups in total. The third kappa shape index (κ3) is 4.45. The fourth-order valence-electron chi connectivity index (χ4n) is 4.01. The Morgan fingerprint density at radius 2 is 1.79 bits per heavy atom. The predicted molar refractivity (Wildman–Crippen MR) is 115 cm³/mol. The Morgan fingerprint density at radius 3 is 2.30 bits per heavy atom. The van der Waals surface area contributed by atoms with E-state index in [1.807, 2.05) is 18.2 Å². The molecule has 0 radical (unpaired) electrons. The van der Waals surface area contributed by atoms with Gasteiger partial charge in [-0.2, -0.15) is 18.4 Å². The Balaban J connectivity index is 1.58. The van der Waals surface area contributed by atoms with Crippen molar-refractivity contribution in [2.45, 2.75) is 37.6 Å². The number of aromatic nitrogens is 1. The third-order valence-corrected chi connectivity index (χ3v) is 6.04. The molecule has 1 saturated carbocycles. The minimum Gasteiger partial charge on any atom is -0.392 e. The van der Waals surface area contributed by atoms with Gasteiger partial charge in [-0.15, -0.1) is 0 Å². The fraction of sp³-hybridized carbons (Fsp3) is 0.240. The predicted octanol–water partition coefficient (Wildman–Crippen LogP) is 4.94. The largest absolute Gasteiger partial charge is 0.433 e. The average Bonchev–Trinajstić information content (AvgIpc) is 2.80. The second kappa shape index (κ2) is 8.68. The van der Waals surface area contributed by atoms with Crippen molar-refractivity contribution in [3.8, 4) is 17.2 Å². The number of nitrogens with zero attached hydrogens (tertiary/aromatic N) is 2. The number of carbonyl (C=O) groups excluding carboxylic acids is 1. The molecule has 1 aliphatic rings. The van der Waals surface area contributed by atoms with Gasteiger partial charge in [-0.05, 0) is 66.3 Å². The first-order chi connectivity index (χ1) is 15.8. The zero-order valence-electron chi connectivity index (χ0n) is 17.5. The number of nitrogens with one attached hydrogen (secondary N) is 1. The second-order valence-electron chi connectivity index (χ2n) is 8.04. The zero-order valence-corrected chi connectivity index (χ0v) is 17.5. The lowest BCUT2D eigenvalue weighted by molar-refractivity contribution is -0.141. The van der Waals surface area contributed by atoms with E-state index in [1.54, 1.807) is 36.4 Å². The van der Waals surface area contributed by atoms with Crippen molar-refractivity contribution in [2.75, 3.05) is 0 Å². The number of rotatable bonds is 5. The van der Waals surface area contributed by atoms with E-state index in [2.05, 4.69) is 10.3 Å². The van der Waals surface area contributed by atoms with Gasteiger partial charge >= 0.3 is 6.18 Å². The monoisotopic (exact) mass is 451 g/mol. The van der Waals surface area contributed by atoms with Crippen LogP contribution in [-0.4, -0.2) is 16.0 Å². The van der Waals surface area contributed by atoms with E-state index in [4.69, 9.17) is 5.26 Å². The average molecular weight is 451 g/mol. The molecule has 0 atom stereocenters. The van der Waals surface area contributed by atoms with Gasteiger partial charge in [0.25, 0.3) is 5.91 Å². The molecular weight excluding hydrogens is 431 g/mol. The number of hydrogen-bond donors (Lipinski definition) is 2. The number of nitriles is 1. The van der Waals surface area contributed by atoms with E-state index in [0.717, 1.165) is 37.1 Å². The highest BCUT2D eigenvalue weighted by molar-refractivity contribution is 5.95. The Labute approximate surface area is 188 Å². The van der Waals surface area contributed by atoms with E-state index in [0.29, 0.717) is 22.3 Å². The van der Waals surface area contributed by atoms with Gasteiger partial charge < -0.3 is 10.4 Å². The number of aliphatic hydroxyl groups is 1. The molecule has 33 heavy (non-hydrogen) atoms. The van der Waals surface area contributed by atoms with Crippen molar-refractivity contribution in [3.63, 3.8) is 0 Å². The summed E-state index contributed by atoms with van der Waals surface area (Å²) >= 11 is 0. The Kier molecular flexibility index (Phi) is 5.91. The number of aliphatic hydroxyl groups excluding tert-OH is 1. The number of hydrogen-bond acceptors (Lipinski definition) is 4. The zero-order chi connectivity index (χ0) is 23.6. The first kappa shape index (κ1) is 22.5. The molecule has 0 bridgehead atoms. The van der Waals surface area contributed by atoms with E-state index in [-0.39, 0.29) is 11.5 Å². The van der Waals surface area contributed by atoms with Crippen LogP contribution in [0.25, 0.3) is 11.1 Å². The van der Waals surface area contributed by atoms with Gasteiger partial charge in [-0.3, -0.25) is 9.78 Å². The molecule has 8 heteroatoms. The maximum Gasteiger partial charge on any atom is 0.433 e. The molecule has 1 aromatic heterocycles. The highest BCUT2D eigenvalue weighted by Gasteiger charge is 2.40. The van der Waals surface area contributed by atoms with E-state index in [1.165, 1.54) is 0 Å². The highest BCUT2D eigenvalue weighted by atomic mass is 19.4. The Hall–Kier alpha value is -3.70. The SMILES string of the molecule is N#Cc1ccc(C(=O)NC2(c3ccc(-c4cnc(C(F)(F)F)cc4CO)cc3)CCC2)cc1. The van der Waals surface area contributed by atoms with Crippen LogP contribution in [-0.2, 0) is 18.3 Å². The molecule has 5 nitrogen and oxygen atoms in total. The standard InChI is InChI=1S/C25H20F3N3O2/c26-25(27,28)22-12-19(15-32)21(14-30-22)17-6-8-20(9-7-17)24(10-1-11-24)31-23(33)18-4-2-16(13-29)3-5-18/h2-9,12,14,32H,1,10-11,15H2,(H,31,33). The summed E-state index contributed by atoms with van der Waals surface area (Å²) in [5.41, 5.74) is 1.43. The van der Waals surface area contributed by atoms with Crippen LogP contribution in [0.15, 0.2) is 60.8 Å². The van der Waals surface area contributed by atoms with Gasteiger partial charge in [0, 0.05) is 17.3 Å². The van der Waals surface area contributed by atoms with Gasteiger partial charge in [-0.25, -0.2) is 0 Å². The van der Waals surface area contributed by atoms with E-state index in [9.17, 15) is 23.1 Å². The quantitative estimate of drug-likeness (QED) is 0.575. The lowest BCUT2D eigenvalue weighted by Crippen LogP contribution is -2.50. The van der Waals surface area contributed by atoms with Gasteiger partial charge in [0.1, 0.15) is 5.69 Å². The number of pyridine rings is 1. The van der Waals surface area contributed by atoms with Crippen LogP contribution in [0.4, 0.5) is 13.2 Å². The van der Waals surface area contributed by atoms with Crippen LogP contribution >= 0.6 is 0 Å². The highest BCUT2D eigenvalue weighted by Crippen LogP contribution is 2.42. The van der Waals surface area contributed by atoms with Crippen LogP contribution in [0.5, 0.6) is 0 Å². The summed E-state index contributed by atoms with van der Waals surface area (Å²) in [7, 11) is 0. The fourth-order valence-corrected chi connectivity index (χ4v) is 4.01. The number of benzene rings is 2. The molecule has 1 fully saturated rings. The number of halogens is 3. The van der Waals surface area contributed by atoms with E-state index < -0.39 is 24.0 Å². The first-order valence-electron chi connectivity index (χ1n) is 10.4. The number of amides is 1. The first-order valence-corrected chi connectivity index (χ1v) is 10.4. The number of carbonyl (C=O) groups is 1. The Bertz CT molecular complexity index is 1210. The van der Waals surface area contributed by atoms with Gasteiger partial charge in [0.2, 0.25) is 0 Å². The summed E-state index contributed by atoms with van der Waals surface area (Å²) in [6.07, 6.45) is -0.992. The summed E-state index contributed by atoms with van der Waals surface area (Å²) in [5.74, 6) is -0.238. The molecular formula is C25H20F3N3O2. The minimum atomic E-state index is -4.59. The molecule has 0 unspecified atom stereocenters. The van der Waals surface area contributed by atoms with Crippen molar-refractivity contribution in [3.05, 3.63) is 88.7 Å². The molecule has 0 aliphatic heterocycles. The van der Waals surface area contributed by atoms with Crippen molar-refractivity contribution in [1.82, 2.24) is 10.3 Å². The molecule has 1 amide bonds. The van der Waals surface area contributed by atoms with Crippen LogP contribution in [0, 0.1) is 11.3 Å². The molecule has 1 heterocycles. The number of alkyl halides is 3. The molecule has 3 aromatic rings. The topological polar surface area (TPSA) is 86.0 Å².